The molecular formula is C21H28ClN5O2S. The highest BCUT2D eigenvalue weighted by Crippen LogP contribution is 2.24. The largest absolute Gasteiger partial charge is 0.444 e. The molecule has 0 spiro atoms. The van der Waals surface area contributed by atoms with Crippen molar-refractivity contribution in [3.05, 3.63) is 40.1 Å². The summed E-state index contributed by atoms with van der Waals surface area (Å²) in [5.41, 5.74) is 2.01. The number of fused-ring (bicyclic) bond motifs is 1. The number of benzene rings is 1. The number of anilines is 1. The van der Waals surface area contributed by atoms with Gasteiger partial charge in [-0.15, -0.1) is 11.3 Å². The third-order valence-corrected chi connectivity index (χ3v) is 5.19. The Morgan fingerprint density at radius 3 is 2.77 bits per heavy atom. The monoisotopic (exact) mass is 449 g/mol. The zero-order chi connectivity index (χ0) is 21.9. The summed E-state index contributed by atoms with van der Waals surface area (Å²) in [4.78, 5) is 25.0. The number of ether oxygens (including phenoxy) is 1. The zero-order valence-electron chi connectivity index (χ0n) is 17.9. The molecule has 2 aromatic heterocycles. The van der Waals surface area contributed by atoms with Gasteiger partial charge < -0.3 is 20.4 Å². The van der Waals surface area contributed by atoms with Crippen LogP contribution in [0.4, 0.5) is 9.93 Å². The van der Waals surface area contributed by atoms with Crippen LogP contribution in [0, 0.1) is 0 Å². The number of nitrogens with one attached hydrogen (secondary N) is 3. The van der Waals surface area contributed by atoms with Crippen molar-refractivity contribution in [3.63, 3.8) is 0 Å². The van der Waals surface area contributed by atoms with E-state index >= 15 is 0 Å². The van der Waals surface area contributed by atoms with Gasteiger partial charge >= 0.3 is 6.09 Å². The molecule has 1 atom stereocenters. The number of halogens is 1. The van der Waals surface area contributed by atoms with Gasteiger partial charge in [0.15, 0.2) is 5.13 Å². The highest BCUT2D eigenvalue weighted by molar-refractivity contribution is 7.13. The maximum Gasteiger partial charge on any atom is 0.408 e. The third kappa shape index (κ3) is 6.34. The lowest BCUT2D eigenvalue weighted by Crippen LogP contribution is -2.35. The Labute approximate surface area is 185 Å². The summed E-state index contributed by atoms with van der Waals surface area (Å²) in [6.07, 6.45) is 0.832. The van der Waals surface area contributed by atoms with Gasteiger partial charge in [-0.2, -0.15) is 0 Å². The molecule has 3 aromatic rings. The van der Waals surface area contributed by atoms with Gasteiger partial charge in [-0.25, -0.2) is 14.8 Å². The molecule has 0 bridgehead atoms. The molecule has 0 aliphatic carbocycles. The Morgan fingerprint density at radius 2 is 2.07 bits per heavy atom. The van der Waals surface area contributed by atoms with E-state index in [1.807, 2.05) is 38.3 Å². The fraction of sp³-hybridized carbons (Fsp3) is 0.476. The number of carbonyl (C=O) groups is 1. The molecule has 9 heteroatoms. The number of aryl methyl sites for hydroxylation is 1. The molecular weight excluding hydrogens is 422 g/mol. The molecule has 162 valence electrons. The number of rotatable bonds is 7. The molecule has 0 aliphatic rings. The number of imidazole rings is 1. The highest BCUT2D eigenvalue weighted by Gasteiger charge is 2.23. The first kappa shape index (κ1) is 22.4. The predicted octanol–water partition coefficient (Wildman–Crippen LogP) is 5.69. The SMILES string of the molecule is CC(C)Nc1nc(CC[C@H](NC(=O)OC(C)(C)C)c2nc3ccc(Cl)cc3[nH]2)cs1. The molecule has 0 radical (unpaired) electrons. The summed E-state index contributed by atoms with van der Waals surface area (Å²) in [6.45, 7) is 9.67. The Kier molecular flexibility index (Phi) is 6.88. The van der Waals surface area contributed by atoms with Crippen molar-refractivity contribution in [2.45, 2.75) is 65.1 Å². The lowest BCUT2D eigenvalue weighted by molar-refractivity contribution is 0.0498. The van der Waals surface area contributed by atoms with Crippen LogP contribution < -0.4 is 10.6 Å². The van der Waals surface area contributed by atoms with Gasteiger partial charge in [0.2, 0.25) is 0 Å². The molecule has 7 nitrogen and oxygen atoms in total. The molecule has 0 fully saturated rings. The topological polar surface area (TPSA) is 91.9 Å². The van der Waals surface area contributed by atoms with Crippen molar-refractivity contribution >= 4 is 45.2 Å². The maximum atomic E-state index is 12.4. The predicted molar refractivity (Wildman–Crippen MR) is 122 cm³/mol. The van der Waals surface area contributed by atoms with E-state index in [0.29, 0.717) is 29.7 Å². The first-order valence-electron chi connectivity index (χ1n) is 9.94. The summed E-state index contributed by atoms with van der Waals surface area (Å²) < 4.78 is 5.45. The second kappa shape index (κ2) is 9.22. The quantitative estimate of drug-likeness (QED) is 0.430. The minimum atomic E-state index is -0.581. The van der Waals surface area contributed by atoms with Crippen molar-refractivity contribution in [1.29, 1.82) is 0 Å². The van der Waals surface area contributed by atoms with Crippen LogP contribution in [0.5, 0.6) is 0 Å². The molecule has 2 heterocycles. The van der Waals surface area contributed by atoms with Gasteiger partial charge in [-0.05, 0) is 65.7 Å². The van der Waals surface area contributed by atoms with Crippen molar-refractivity contribution in [2.75, 3.05) is 5.32 Å². The smallest absolute Gasteiger partial charge is 0.408 e. The van der Waals surface area contributed by atoms with E-state index in [0.717, 1.165) is 21.9 Å². The lowest BCUT2D eigenvalue weighted by Gasteiger charge is -2.22. The second-order valence-corrected chi connectivity index (χ2v) is 9.76. The average Bonchev–Trinajstić information content (AvgIpc) is 3.22. The lowest BCUT2D eigenvalue weighted by atomic mass is 10.1. The number of thiazole rings is 1. The fourth-order valence-electron chi connectivity index (χ4n) is 2.92. The molecule has 3 rings (SSSR count). The van der Waals surface area contributed by atoms with Crippen LogP contribution in [0.1, 0.15) is 58.6 Å². The third-order valence-electron chi connectivity index (χ3n) is 4.14. The molecule has 1 amide bonds. The van der Waals surface area contributed by atoms with E-state index in [4.69, 9.17) is 16.3 Å². The average molecular weight is 450 g/mol. The van der Waals surface area contributed by atoms with Crippen molar-refractivity contribution < 1.29 is 9.53 Å². The zero-order valence-corrected chi connectivity index (χ0v) is 19.4. The van der Waals surface area contributed by atoms with Crippen LogP contribution in [0.15, 0.2) is 23.6 Å². The summed E-state index contributed by atoms with van der Waals surface area (Å²) in [6, 6.07) is 5.44. The standard InChI is InChI=1S/C21H28ClN5O2S/c1-12(2)23-19-24-14(11-30-19)7-9-16(27-20(28)29-21(3,4)5)18-25-15-8-6-13(22)10-17(15)26-18/h6,8,10-12,16H,7,9H2,1-5H3,(H,23,24)(H,25,26)(H,27,28)/t16-/m0/s1. The van der Waals surface area contributed by atoms with Gasteiger partial charge in [0.25, 0.3) is 0 Å². The fourth-order valence-corrected chi connectivity index (χ4v) is 3.98. The molecule has 3 N–H and O–H groups in total. The molecule has 0 aliphatic heterocycles. The number of aromatic nitrogens is 3. The van der Waals surface area contributed by atoms with Crippen molar-refractivity contribution in [1.82, 2.24) is 20.3 Å². The number of H-pyrrole nitrogens is 1. The molecule has 0 unspecified atom stereocenters. The number of hydrogen-bond donors (Lipinski definition) is 3. The number of nitrogens with zero attached hydrogens (tertiary/aromatic N) is 2. The molecule has 1 aromatic carbocycles. The van der Waals surface area contributed by atoms with Crippen LogP contribution in [0.25, 0.3) is 11.0 Å². The van der Waals surface area contributed by atoms with Gasteiger partial charge in [0.1, 0.15) is 11.4 Å². The van der Waals surface area contributed by atoms with Gasteiger partial charge in [0, 0.05) is 16.4 Å². The number of carbonyl (C=O) groups excluding carboxylic acids is 1. The first-order chi connectivity index (χ1) is 14.1. The molecule has 30 heavy (non-hydrogen) atoms. The number of alkyl carbamates (subject to hydrolysis) is 1. The maximum absolute atomic E-state index is 12.4. The van der Waals surface area contributed by atoms with Crippen LogP contribution in [-0.4, -0.2) is 32.7 Å². The van der Waals surface area contributed by atoms with E-state index in [1.165, 1.54) is 0 Å². The Balaban J connectivity index is 1.77. The minimum absolute atomic E-state index is 0.327. The van der Waals surface area contributed by atoms with Crippen molar-refractivity contribution in [2.24, 2.45) is 0 Å². The van der Waals surface area contributed by atoms with Gasteiger partial charge in [-0.1, -0.05) is 11.6 Å². The molecule has 0 saturated carbocycles. The van der Waals surface area contributed by atoms with Crippen LogP contribution in [0.3, 0.4) is 0 Å². The van der Waals surface area contributed by atoms with Crippen LogP contribution in [-0.2, 0) is 11.2 Å². The van der Waals surface area contributed by atoms with Crippen molar-refractivity contribution in [3.8, 4) is 0 Å². The first-order valence-corrected chi connectivity index (χ1v) is 11.2. The van der Waals surface area contributed by atoms with E-state index in [9.17, 15) is 4.79 Å². The van der Waals surface area contributed by atoms with Crippen LogP contribution >= 0.6 is 22.9 Å². The van der Waals surface area contributed by atoms with E-state index < -0.39 is 11.7 Å². The van der Waals surface area contributed by atoms with E-state index in [2.05, 4.69) is 39.4 Å². The summed E-state index contributed by atoms with van der Waals surface area (Å²) >= 11 is 7.67. The Bertz CT molecular complexity index is 1010. The van der Waals surface area contributed by atoms with E-state index in [1.54, 1.807) is 17.4 Å². The van der Waals surface area contributed by atoms with Crippen LogP contribution in [0.2, 0.25) is 5.02 Å². The normalized spacial score (nSPS) is 12.9. The minimum Gasteiger partial charge on any atom is -0.444 e. The van der Waals surface area contributed by atoms with E-state index in [-0.39, 0.29) is 6.04 Å². The number of hydrogen-bond acceptors (Lipinski definition) is 6. The highest BCUT2D eigenvalue weighted by atomic mass is 35.5. The summed E-state index contributed by atoms with van der Waals surface area (Å²) in [5.74, 6) is 0.661. The Hall–Kier alpha value is -2.32. The van der Waals surface area contributed by atoms with Gasteiger partial charge in [0.05, 0.1) is 22.8 Å². The number of amides is 1. The summed E-state index contributed by atoms with van der Waals surface area (Å²) in [7, 11) is 0. The second-order valence-electron chi connectivity index (χ2n) is 8.46. The molecule has 0 saturated heterocycles. The summed E-state index contributed by atoms with van der Waals surface area (Å²) in [5, 5.41) is 9.82. The Morgan fingerprint density at radius 1 is 1.30 bits per heavy atom. The van der Waals surface area contributed by atoms with Gasteiger partial charge in [-0.3, -0.25) is 0 Å². The number of aromatic amines is 1.